The monoisotopic (exact) mass is 274 g/mol. The van der Waals surface area contributed by atoms with E-state index in [1.807, 2.05) is 23.6 Å². The highest BCUT2D eigenvalue weighted by atomic mass is 32.1. The van der Waals surface area contributed by atoms with Gasteiger partial charge in [-0.15, -0.1) is 21.5 Å². The third kappa shape index (κ3) is 2.73. The van der Waals surface area contributed by atoms with Crippen molar-refractivity contribution >= 4 is 23.3 Å². The summed E-state index contributed by atoms with van der Waals surface area (Å²) in [7, 11) is 0. The van der Waals surface area contributed by atoms with Crippen LogP contribution < -0.4 is 5.32 Å². The molecule has 0 saturated carbocycles. The number of nitrogens with zero attached hydrogens (tertiary/aromatic N) is 3. The van der Waals surface area contributed by atoms with Crippen LogP contribution in [0.3, 0.4) is 0 Å². The maximum Gasteiger partial charge on any atom is 0.244 e. The molecule has 0 aromatic carbocycles. The number of fused-ring (bicyclic) bond motifs is 1. The summed E-state index contributed by atoms with van der Waals surface area (Å²) in [5, 5.41) is 13.0. The first-order valence-corrected chi connectivity index (χ1v) is 7.11. The number of aromatic nitrogens is 3. The zero-order valence-electron chi connectivity index (χ0n) is 10.4. The second kappa shape index (κ2) is 5.36. The van der Waals surface area contributed by atoms with Crippen molar-refractivity contribution in [2.24, 2.45) is 0 Å². The highest BCUT2D eigenvalue weighted by molar-refractivity contribution is 7.10. The summed E-state index contributed by atoms with van der Waals surface area (Å²) in [5.74, 6) is 1.76. The van der Waals surface area contributed by atoms with Gasteiger partial charge >= 0.3 is 0 Å². The van der Waals surface area contributed by atoms with Gasteiger partial charge in [-0.3, -0.25) is 4.79 Å². The summed E-state index contributed by atoms with van der Waals surface area (Å²) in [6, 6.07) is 3.93. The summed E-state index contributed by atoms with van der Waals surface area (Å²) in [5.41, 5.74) is 0. The molecule has 2 aromatic heterocycles. The van der Waals surface area contributed by atoms with Gasteiger partial charge in [0, 0.05) is 23.9 Å². The fourth-order valence-corrected chi connectivity index (χ4v) is 2.73. The molecule has 0 saturated heterocycles. The summed E-state index contributed by atoms with van der Waals surface area (Å²) < 4.78 is 2.09. The van der Waals surface area contributed by atoms with Crippen LogP contribution in [0.4, 0.5) is 0 Å². The van der Waals surface area contributed by atoms with Crippen molar-refractivity contribution in [2.45, 2.75) is 25.9 Å². The minimum atomic E-state index is -0.108. The molecule has 98 valence electrons. The second-order valence-corrected chi connectivity index (χ2v) is 5.33. The SMILES string of the molecule is O=C(C=Cc1cccs1)NCc1nnc2n1CCC2. The first-order valence-electron chi connectivity index (χ1n) is 6.23. The van der Waals surface area contributed by atoms with Crippen molar-refractivity contribution in [3.8, 4) is 0 Å². The van der Waals surface area contributed by atoms with Gasteiger partial charge in [-0.2, -0.15) is 0 Å². The highest BCUT2D eigenvalue weighted by Gasteiger charge is 2.16. The summed E-state index contributed by atoms with van der Waals surface area (Å²) in [6.45, 7) is 1.39. The number of amides is 1. The lowest BCUT2D eigenvalue weighted by Gasteiger charge is -2.03. The number of carbonyl (C=O) groups excluding carboxylic acids is 1. The molecule has 0 aliphatic carbocycles. The van der Waals surface area contributed by atoms with Gasteiger partial charge in [0.25, 0.3) is 0 Å². The average Bonchev–Trinajstić information content (AvgIpc) is 3.11. The number of rotatable bonds is 4. The lowest BCUT2D eigenvalue weighted by atomic mass is 10.4. The molecule has 0 radical (unpaired) electrons. The quantitative estimate of drug-likeness (QED) is 0.862. The first kappa shape index (κ1) is 12.1. The average molecular weight is 274 g/mol. The van der Waals surface area contributed by atoms with E-state index in [9.17, 15) is 4.79 Å². The molecule has 2 aromatic rings. The van der Waals surface area contributed by atoms with Crippen LogP contribution in [0.2, 0.25) is 0 Å². The lowest BCUT2D eigenvalue weighted by Crippen LogP contribution is -2.22. The van der Waals surface area contributed by atoms with Crippen LogP contribution >= 0.6 is 11.3 Å². The Bertz CT molecular complexity index is 600. The molecule has 6 heteroatoms. The van der Waals surface area contributed by atoms with E-state index in [4.69, 9.17) is 0 Å². The molecule has 1 amide bonds. The van der Waals surface area contributed by atoms with E-state index in [-0.39, 0.29) is 5.91 Å². The molecule has 0 fully saturated rings. The molecule has 3 heterocycles. The molecule has 0 spiro atoms. The number of carbonyl (C=O) groups is 1. The van der Waals surface area contributed by atoms with E-state index >= 15 is 0 Å². The fourth-order valence-electron chi connectivity index (χ4n) is 2.11. The van der Waals surface area contributed by atoms with Crippen LogP contribution in [0.15, 0.2) is 23.6 Å². The highest BCUT2D eigenvalue weighted by Crippen LogP contribution is 2.13. The molecular weight excluding hydrogens is 260 g/mol. The minimum Gasteiger partial charge on any atom is -0.345 e. The summed E-state index contributed by atoms with van der Waals surface area (Å²) in [6.07, 6.45) is 5.46. The third-order valence-corrected chi connectivity index (χ3v) is 3.89. The van der Waals surface area contributed by atoms with Crippen LogP contribution in [-0.4, -0.2) is 20.7 Å². The number of nitrogens with one attached hydrogen (secondary N) is 1. The van der Waals surface area contributed by atoms with Crippen molar-refractivity contribution in [3.63, 3.8) is 0 Å². The first-order chi connectivity index (χ1) is 9.33. The Labute approximate surface area is 115 Å². The maximum atomic E-state index is 11.7. The number of aryl methyl sites for hydroxylation is 1. The molecule has 3 rings (SSSR count). The van der Waals surface area contributed by atoms with E-state index in [1.165, 1.54) is 0 Å². The predicted octanol–water partition coefficient (Wildman–Crippen LogP) is 1.62. The molecule has 5 nitrogen and oxygen atoms in total. The summed E-state index contributed by atoms with van der Waals surface area (Å²) in [4.78, 5) is 12.8. The van der Waals surface area contributed by atoms with E-state index in [2.05, 4.69) is 20.1 Å². The topological polar surface area (TPSA) is 59.8 Å². The van der Waals surface area contributed by atoms with E-state index in [1.54, 1.807) is 17.4 Å². The largest absolute Gasteiger partial charge is 0.345 e. The van der Waals surface area contributed by atoms with Crippen molar-refractivity contribution in [1.82, 2.24) is 20.1 Å². The molecule has 0 atom stereocenters. The Kier molecular flexibility index (Phi) is 3.41. The zero-order chi connectivity index (χ0) is 13.1. The molecule has 1 aliphatic heterocycles. The molecule has 0 bridgehead atoms. The standard InChI is InChI=1S/C13H14N4OS/c18-13(6-5-10-3-2-8-19-10)14-9-12-16-15-11-4-1-7-17(11)12/h2-3,5-6,8H,1,4,7,9H2,(H,14,18). The van der Waals surface area contributed by atoms with Gasteiger partial charge in [0.2, 0.25) is 5.91 Å². The Morgan fingerprint density at radius 3 is 3.32 bits per heavy atom. The van der Waals surface area contributed by atoms with Gasteiger partial charge < -0.3 is 9.88 Å². The molecule has 1 aliphatic rings. The number of thiophene rings is 1. The van der Waals surface area contributed by atoms with Crippen LogP contribution in [0, 0.1) is 0 Å². The van der Waals surface area contributed by atoms with Gasteiger partial charge in [0.15, 0.2) is 5.82 Å². The maximum absolute atomic E-state index is 11.7. The molecular formula is C13H14N4OS. The van der Waals surface area contributed by atoms with E-state index in [0.29, 0.717) is 6.54 Å². The van der Waals surface area contributed by atoms with Crippen molar-refractivity contribution < 1.29 is 4.79 Å². The number of hydrogen-bond acceptors (Lipinski definition) is 4. The zero-order valence-corrected chi connectivity index (χ0v) is 11.2. The summed E-state index contributed by atoms with van der Waals surface area (Å²) >= 11 is 1.60. The molecule has 0 unspecified atom stereocenters. The normalized spacial score (nSPS) is 13.9. The molecule has 19 heavy (non-hydrogen) atoms. The Morgan fingerprint density at radius 1 is 1.53 bits per heavy atom. The van der Waals surface area contributed by atoms with Crippen LogP contribution in [-0.2, 0) is 24.3 Å². The van der Waals surface area contributed by atoms with Crippen LogP contribution in [0.5, 0.6) is 0 Å². The van der Waals surface area contributed by atoms with Crippen LogP contribution in [0.25, 0.3) is 6.08 Å². The second-order valence-electron chi connectivity index (χ2n) is 4.35. The van der Waals surface area contributed by atoms with Crippen molar-refractivity contribution in [2.75, 3.05) is 0 Å². The van der Waals surface area contributed by atoms with Gasteiger partial charge in [-0.1, -0.05) is 6.07 Å². The lowest BCUT2D eigenvalue weighted by molar-refractivity contribution is -0.116. The number of hydrogen-bond donors (Lipinski definition) is 1. The Hall–Kier alpha value is -1.95. The van der Waals surface area contributed by atoms with Crippen molar-refractivity contribution in [1.29, 1.82) is 0 Å². The molecule has 1 N–H and O–H groups in total. The van der Waals surface area contributed by atoms with E-state index in [0.717, 1.165) is 35.9 Å². The smallest absolute Gasteiger partial charge is 0.244 e. The predicted molar refractivity (Wildman–Crippen MR) is 73.5 cm³/mol. The minimum absolute atomic E-state index is 0.108. The van der Waals surface area contributed by atoms with Gasteiger partial charge in [0.05, 0.1) is 6.54 Å². The van der Waals surface area contributed by atoms with Gasteiger partial charge in [-0.25, -0.2) is 0 Å². The van der Waals surface area contributed by atoms with Gasteiger partial charge in [-0.05, 0) is 23.9 Å². The van der Waals surface area contributed by atoms with Gasteiger partial charge in [0.1, 0.15) is 5.82 Å². The van der Waals surface area contributed by atoms with Crippen molar-refractivity contribution in [3.05, 3.63) is 40.1 Å². The fraction of sp³-hybridized carbons (Fsp3) is 0.308. The van der Waals surface area contributed by atoms with Crippen LogP contribution in [0.1, 0.15) is 22.9 Å². The Balaban J connectivity index is 1.56. The van der Waals surface area contributed by atoms with E-state index < -0.39 is 0 Å². The third-order valence-electron chi connectivity index (χ3n) is 3.05. The Morgan fingerprint density at radius 2 is 2.47 bits per heavy atom.